The van der Waals surface area contributed by atoms with Gasteiger partial charge < -0.3 is 11.1 Å². The molecule has 0 amide bonds. The Morgan fingerprint density at radius 3 is 2.72 bits per heavy atom. The molecule has 2 aromatic rings. The Bertz CT molecular complexity index is 570. The lowest BCUT2D eigenvalue weighted by Crippen LogP contribution is -2.05. The second kappa shape index (κ2) is 5.38. The summed E-state index contributed by atoms with van der Waals surface area (Å²) in [5, 5.41) is 3.80. The van der Waals surface area contributed by atoms with Gasteiger partial charge in [0, 0.05) is 28.5 Å². The molecule has 0 fully saturated rings. The summed E-state index contributed by atoms with van der Waals surface area (Å²) in [6, 6.07) is 10.4. The van der Waals surface area contributed by atoms with Gasteiger partial charge in [-0.3, -0.25) is 0 Å². The van der Waals surface area contributed by atoms with Gasteiger partial charge in [0.2, 0.25) is 0 Å². The van der Waals surface area contributed by atoms with Crippen LogP contribution >= 0.6 is 11.6 Å². The molecule has 2 rings (SSSR count). The minimum Gasteiger partial charge on any atom is -0.355 e. The third-order valence-electron chi connectivity index (χ3n) is 2.79. The highest BCUT2D eigenvalue weighted by molar-refractivity contribution is 6.30. The molecule has 4 heteroatoms. The summed E-state index contributed by atoms with van der Waals surface area (Å²) >= 11 is 5.95. The molecule has 0 radical (unpaired) electrons. The van der Waals surface area contributed by atoms with E-state index in [0.29, 0.717) is 16.3 Å². The first-order chi connectivity index (χ1) is 8.61. The van der Waals surface area contributed by atoms with Crippen LogP contribution in [0.2, 0.25) is 5.02 Å². The number of hydrogen-bond acceptors (Lipinski definition) is 2. The molecule has 0 aliphatic rings. The van der Waals surface area contributed by atoms with Crippen molar-refractivity contribution in [3.05, 3.63) is 58.4 Å². The smallest absolute Gasteiger partial charge is 0.129 e. The molecule has 0 heterocycles. The van der Waals surface area contributed by atoms with Crippen LogP contribution in [0.4, 0.5) is 15.8 Å². The number of hydrogen-bond donors (Lipinski definition) is 2. The van der Waals surface area contributed by atoms with E-state index in [9.17, 15) is 4.39 Å². The third kappa shape index (κ3) is 2.63. The van der Waals surface area contributed by atoms with E-state index in [1.165, 1.54) is 6.07 Å². The largest absolute Gasteiger partial charge is 0.355 e. The van der Waals surface area contributed by atoms with Crippen molar-refractivity contribution < 1.29 is 4.39 Å². The summed E-state index contributed by atoms with van der Waals surface area (Å²) in [5.74, 6) is -0.304. The average Bonchev–Trinajstić information content (AvgIpc) is 2.34. The van der Waals surface area contributed by atoms with Gasteiger partial charge >= 0.3 is 0 Å². The predicted molar refractivity (Wildman–Crippen MR) is 73.8 cm³/mol. The molecule has 3 N–H and O–H groups in total. The first-order valence-corrected chi connectivity index (χ1v) is 6.00. The zero-order chi connectivity index (χ0) is 13.1. The van der Waals surface area contributed by atoms with Gasteiger partial charge in [0.05, 0.1) is 0 Å². The third-order valence-corrected chi connectivity index (χ3v) is 3.03. The van der Waals surface area contributed by atoms with Crippen molar-refractivity contribution in [3.8, 4) is 0 Å². The minimum atomic E-state index is -0.304. The molecule has 0 atom stereocenters. The number of nitrogens with one attached hydrogen (secondary N) is 1. The molecule has 94 valence electrons. The van der Waals surface area contributed by atoms with Crippen LogP contribution in [0, 0.1) is 12.7 Å². The summed E-state index contributed by atoms with van der Waals surface area (Å²) in [4.78, 5) is 0. The van der Waals surface area contributed by atoms with Gasteiger partial charge in [0.25, 0.3) is 0 Å². The van der Waals surface area contributed by atoms with E-state index in [2.05, 4.69) is 5.32 Å². The highest BCUT2D eigenvalue weighted by atomic mass is 35.5. The number of aryl methyl sites for hydroxylation is 1. The topological polar surface area (TPSA) is 38.0 Å². The quantitative estimate of drug-likeness (QED) is 0.880. The Balaban J connectivity index is 2.40. The van der Waals surface area contributed by atoms with Crippen LogP contribution in [0.15, 0.2) is 36.4 Å². The van der Waals surface area contributed by atoms with Gasteiger partial charge in [0.15, 0.2) is 0 Å². The Hall–Kier alpha value is -1.58. The predicted octanol–water partition coefficient (Wildman–Crippen LogP) is 3.99. The zero-order valence-corrected chi connectivity index (χ0v) is 10.8. The highest BCUT2D eigenvalue weighted by Crippen LogP contribution is 2.27. The van der Waals surface area contributed by atoms with Crippen LogP contribution in [0.1, 0.15) is 11.1 Å². The van der Waals surface area contributed by atoms with E-state index < -0.39 is 0 Å². The number of halogens is 2. The van der Waals surface area contributed by atoms with Gasteiger partial charge in [0.1, 0.15) is 5.82 Å². The normalized spacial score (nSPS) is 10.4. The maximum atomic E-state index is 13.6. The molecule has 2 nitrogen and oxygen atoms in total. The lowest BCUT2D eigenvalue weighted by atomic mass is 10.1. The maximum absolute atomic E-state index is 13.6. The summed E-state index contributed by atoms with van der Waals surface area (Å²) in [5.41, 5.74) is 8.59. The lowest BCUT2D eigenvalue weighted by molar-refractivity contribution is 0.611. The van der Waals surface area contributed by atoms with Crippen molar-refractivity contribution in [3.63, 3.8) is 0 Å². The summed E-state index contributed by atoms with van der Waals surface area (Å²) < 4.78 is 13.6. The zero-order valence-electron chi connectivity index (χ0n) is 10.0. The fraction of sp³-hybridized carbons (Fsp3) is 0.143. The van der Waals surface area contributed by atoms with Gasteiger partial charge in [-0.2, -0.15) is 0 Å². The number of rotatable bonds is 3. The van der Waals surface area contributed by atoms with Crippen molar-refractivity contribution in [1.82, 2.24) is 0 Å². The monoisotopic (exact) mass is 264 g/mol. The van der Waals surface area contributed by atoms with Crippen LogP contribution in [-0.2, 0) is 6.54 Å². The molecule has 0 unspecified atom stereocenters. The number of nitrogens with two attached hydrogens (primary N) is 1. The Morgan fingerprint density at radius 1 is 1.22 bits per heavy atom. The van der Waals surface area contributed by atoms with Crippen LogP contribution in [-0.4, -0.2) is 0 Å². The van der Waals surface area contributed by atoms with E-state index in [1.54, 1.807) is 12.1 Å². The molecule has 0 aliphatic carbocycles. The second-order valence-electron chi connectivity index (χ2n) is 4.05. The minimum absolute atomic E-state index is 0.147. The van der Waals surface area contributed by atoms with Gasteiger partial charge in [-0.05, 0) is 36.8 Å². The summed E-state index contributed by atoms with van der Waals surface area (Å²) in [6.45, 7) is 2.11. The Morgan fingerprint density at radius 2 is 2.00 bits per heavy atom. The highest BCUT2D eigenvalue weighted by Gasteiger charge is 2.08. The number of benzene rings is 2. The Kier molecular flexibility index (Phi) is 3.84. The fourth-order valence-corrected chi connectivity index (χ4v) is 1.93. The molecule has 0 saturated carbocycles. The summed E-state index contributed by atoms with van der Waals surface area (Å²) in [7, 11) is 0. The molecular formula is C14H14ClFN2. The molecule has 0 aromatic heterocycles. The van der Waals surface area contributed by atoms with Gasteiger partial charge in [-0.1, -0.05) is 23.7 Å². The molecule has 0 saturated heterocycles. The molecule has 0 bridgehead atoms. The molecule has 18 heavy (non-hydrogen) atoms. The molecule has 0 aliphatic heterocycles. The number of anilines is 2. The van der Waals surface area contributed by atoms with E-state index >= 15 is 0 Å². The van der Waals surface area contributed by atoms with Crippen molar-refractivity contribution in [2.45, 2.75) is 13.5 Å². The fourth-order valence-electron chi connectivity index (χ4n) is 1.76. The standard InChI is InChI=1S/C14H14ClFN2/c1-9-5-6-10(15)7-14(9)18-13-4-2-3-12(16)11(13)8-17/h2-7,18H,8,17H2,1H3. The average molecular weight is 265 g/mol. The lowest BCUT2D eigenvalue weighted by Gasteiger charge is -2.13. The molecule has 0 spiro atoms. The molecule has 2 aromatic carbocycles. The van der Waals surface area contributed by atoms with Crippen molar-refractivity contribution in [2.24, 2.45) is 5.73 Å². The first kappa shape index (κ1) is 12.9. The SMILES string of the molecule is Cc1ccc(Cl)cc1Nc1cccc(F)c1CN. The van der Waals surface area contributed by atoms with Gasteiger partial charge in [-0.15, -0.1) is 0 Å². The van der Waals surface area contributed by atoms with E-state index in [-0.39, 0.29) is 12.4 Å². The van der Waals surface area contributed by atoms with Crippen molar-refractivity contribution in [1.29, 1.82) is 0 Å². The maximum Gasteiger partial charge on any atom is 0.129 e. The van der Waals surface area contributed by atoms with Crippen LogP contribution in [0.25, 0.3) is 0 Å². The van der Waals surface area contributed by atoms with Crippen LogP contribution in [0.5, 0.6) is 0 Å². The summed E-state index contributed by atoms with van der Waals surface area (Å²) in [6.07, 6.45) is 0. The van der Waals surface area contributed by atoms with Crippen molar-refractivity contribution >= 4 is 23.0 Å². The van der Waals surface area contributed by atoms with E-state index in [0.717, 1.165) is 11.3 Å². The van der Waals surface area contributed by atoms with Crippen LogP contribution < -0.4 is 11.1 Å². The van der Waals surface area contributed by atoms with Crippen LogP contribution in [0.3, 0.4) is 0 Å². The second-order valence-corrected chi connectivity index (χ2v) is 4.49. The Labute approximate surface area is 111 Å². The van der Waals surface area contributed by atoms with E-state index in [4.69, 9.17) is 17.3 Å². The first-order valence-electron chi connectivity index (χ1n) is 5.62. The van der Waals surface area contributed by atoms with Gasteiger partial charge in [-0.25, -0.2) is 4.39 Å². The van der Waals surface area contributed by atoms with Crippen molar-refractivity contribution in [2.75, 3.05) is 5.32 Å². The van der Waals surface area contributed by atoms with E-state index in [1.807, 2.05) is 25.1 Å². The molecular weight excluding hydrogens is 251 g/mol.